The van der Waals surface area contributed by atoms with E-state index in [1.807, 2.05) is 21.1 Å². The van der Waals surface area contributed by atoms with Gasteiger partial charge in [0.15, 0.2) is 0 Å². The van der Waals surface area contributed by atoms with E-state index in [-0.39, 0.29) is 5.66 Å². The van der Waals surface area contributed by atoms with Crippen LogP contribution >= 0.6 is 0 Å². The first-order valence-electron chi connectivity index (χ1n) is 4.67. The van der Waals surface area contributed by atoms with Crippen LogP contribution in [0.3, 0.4) is 0 Å². The van der Waals surface area contributed by atoms with Gasteiger partial charge >= 0.3 is 0 Å². The number of hydrogen-bond acceptors (Lipinski definition) is 3. The lowest BCUT2D eigenvalue weighted by Crippen LogP contribution is -2.59. The Labute approximate surface area is 75.3 Å². The summed E-state index contributed by atoms with van der Waals surface area (Å²) < 4.78 is 0. The summed E-state index contributed by atoms with van der Waals surface area (Å²) in [6.45, 7) is 0. The van der Waals surface area contributed by atoms with Crippen molar-refractivity contribution in [2.75, 3.05) is 21.1 Å². The predicted octanol–water partition coefficient (Wildman–Crippen LogP) is 0.0977. The fraction of sp³-hybridized carbons (Fsp3) is 0.889. The van der Waals surface area contributed by atoms with Gasteiger partial charge < -0.3 is 16.0 Å². The fourth-order valence-corrected chi connectivity index (χ4v) is 1.88. The molecular weight excluding hydrogens is 150 g/mol. The molecule has 1 aliphatic rings. The van der Waals surface area contributed by atoms with Gasteiger partial charge in [0, 0.05) is 12.5 Å². The molecule has 0 spiro atoms. The van der Waals surface area contributed by atoms with Crippen molar-refractivity contribution in [3.63, 3.8) is 0 Å². The highest BCUT2D eigenvalue weighted by molar-refractivity contribution is 5.06. The Kier molecular flexibility index (Phi) is 3.50. The lowest BCUT2D eigenvalue weighted by Gasteiger charge is -2.40. The third-order valence-electron chi connectivity index (χ3n) is 2.83. The van der Waals surface area contributed by atoms with E-state index < -0.39 is 0 Å². The number of rotatable bonds is 3. The molecule has 0 amide bonds. The van der Waals surface area contributed by atoms with Gasteiger partial charge in [-0.25, -0.2) is 0 Å². The molecule has 3 N–H and O–H groups in total. The molecule has 1 radical (unpaired) electrons. The lowest BCUT2D eigenvalue weighted by molar-refractivity contribution is 0.249. The summed E-state index contributed by atoms with van der Waals surface area (Å²) in [6, 6.07) is 0.540. The van der Waals surface area contributed by atoms with Crippen molar-refractivity contribution in [3.8, 4) is 0 Å². The van der Waals surface area contributed by atoms with Gasteiger partial charge in [-0.1, -0.05) is 0 Å². The van der Waals surface area contributed by atoms with Gasteiger partial charge in [0.1, 0.15) is 0 Å². The van der Waals surface area contributed by atoms with Crippen LogP contribution in [0.5, 0.6) is 0 Å². The molecule has 0 aromatic carbocycles. The second kappa shape index (κ2) is 4.21. The van der Waals surface area contributed by atoms with Gasteiger partial charge in [-0.15, -0.1) is 0 Å². The van der Waals surface area contributed by atoms with Crippen molar-refractivity contribution in [3.05, 3.63) is 6.42 Å². The molecule has 0 aromatic rings. The van der Waals surface area contributed by atoms with Crippen LogP contribution in [-0.2, 0) is 0 Å². The molecular formula is C9H20N3. The van der Waals surface area contributed by atoms with Gasteiger partial charge in [-0.3, -0.25) is 0 Å². The van der Waals surface area contributed by atoms with Crippen molar-refractivity contribution in [1.82, 2.24) is 16.0 Å². The Hall–Kier alpha value is -0.120. The molecule has 71 valence electrons. The number of hydrogen-bond donors (Lipinski definition) is 3. The molecule has 1 rings (SSSR count). The largest absolute Gasteiger partial charge is 0.317 e. The summed E-state index contributed by atoms with van der Waals surface area (Å²) in [7, 11) is 6.03. The summed E-state index contributed by atoms with van der Waals surface area (Å²) in [5.74, 6) is 0. The second-order valence-electron chi connectivity index (χ2n) is 3.43. The van der Waals surface area contributed by atoms with Crippen molar-refractivity contribution < 1.29 is 0 Å². The van der Waals surface area contributed by atoms with Crippen molar-refractivity contribution in [2.45, 2.75) is 31.0 Å². The molecule has 1 fully saturated rings. The van der Waals surface area contributed by atoms with E-state index in [2.05, 4.69) is 22.4 Å². The molecule has 3 heteroatoms. The molecule has 1 saturated carbocycles. The lowest BCUT2D eigenvalue weighted by atomic mass is 9.85. The molecule has 1 unspecified atom stereocenters. The maximum absolute atomic E-state index is 3.32. The Balaban J connectivity index is 2.52. The van der Waals surface area contributed by atoms with Crippen LogP contribution < -0.4 is 16.0 Å². The van der Waals surface area contributed by atoms with Crippen LogP contribution in [-0.4, -0.2) is 32.8 Å². The SMILES string of the molecule is CNC1[CH]C(NC)(NC)CCC1. The molecule has 0 bridgehead atoms. The normalized spacial score (nSPS) is 28.8. The van der Waals surface area contributed by atoms with Crippen LogP contribution in [0.4, 0.5) is 0 Å². The highest BCUT2D eigenvalue weighted by Gasteiger charge is 2.32. The van der Waals surface area contributed by atoms with Crippen LogP contribution in [0.15, 0.2) is 0 Å². The van der Waals surface area contributed by atoms with E-state index in [4.69, 9.17) is 0 Å². The maximum atomic E-state index is 3.32. The van der Waals surface area contributed by atoms with E-state index in [9.17, 15) is 0 Å². The van der Waals surface area contributed by atoms with E-state index in [1.165, 1.54) is 19.3 Å². The molecule has 1 atom stereocenters. The van der Waals surface area contributed by atoms with Gasteiger partial charge in [0.2, 0.25) is 0 Å². The summed E-state index contributed by atoms with van der Waals surface area (Å²) in [6.07, 6.45) is 6.03. The minimum atomic E-state index is 0.0475. The maximum Gasteiger partial charge on any atom is 0.0730 e. The first-order chi connectivity index (χ1) is 5.76. The summed E-state index contributed by atoms with van der Waals surface area (Å²) in [5.41, 5.74) is 0.0475. The van der Waals surface area contributed by atoms with Crippen molar-refractivity contribution >= 4 is 0 Å². The Bertz CT molecular complexity index is 132. The zero-order valence-electron chi connectivity index (χ0n) is 8.28. The van der Waals surface area contributed by atoms with E-state index in [1.54, 1.807) is 0 Å². The zero-order chi connectivity index (χ0) is 9.03. The van der Waals surface area contributed by atoms with Crippen LogP contribution in [0.2, 0.25) is 0 Å². The Morgan fingerprint density at radius 1 is 1.25 bits per heavy atom. The smallest absolute Gasteiger partial charge is 0.0730 e. The third-order valence-corrected chi connectivity index (χ3v) is 2.83. The summed E-state index contributed by atoms with van der Waals surface area (Å²) in [5, 5.41) is 9.94. The van der Waals surface area contributed by atoms with Gasteiger partial charge in [0.05, 0.1) is 5.66 Å². The average molecular weight is 170 g/mol. The summed E-state index contributed by atoms with van der Waals surface area (Å²) >= 11 is 0. The van der Waals surface area contributed by atoms with Gasteiger partial charge in [0.25, 0.3) is 0 Å². The van der Waals surface area contributed by atoms with E-state index in [0.717, 1.165) is 0 Å². The molecule has 0 saturated heterocycles. The predicted molar refractivity (Wildman–Crippen MR) is 51.8 cm³/mol. The van der Waals surface area contributed by atoms with Gasteiger partial charge in [-0.05, 0) is 40.4 Å². The molecule has 1 aliphatic carbocycles. The molecule has 0 aromatic heterocycles. The average Bonchev–Trinajstić information content (AvgIpc) is 2.18. The van der Waals surface area contributed by atoms with Crippen LogP contribution in [0, 0.1) is 6.42 Å². The molecule has 3 nitrogen and oxygen atoms in total. The first-order valence-corrected chi connectivity index (χ1v) is 4.67. The minimum absolute atomic E-state index is 0.0475. The third kappa shape index (κ3) is 1.97. The summed E-state index contributed by atoms with van der Waals surface area (Å²) in [4.78, 5) is 0. The van der Waals surface area contributed by atoms with Crippen LogP contribution in [0.25, 0.3) is 0 Å². The molecule has 0 aliphatic heterocycles. The topological polar surface area (TPSA) is 36.1 Å². The molecule has 0 heterocycles. The van der Waals surface area contributed by atoms with Crippen molar-refractivity contribution in [2.24, 2.45) is 0 Å². The Morgan fingerprint density at radius 3 is 2.42 bits per heavy atom. The highest BCUT2D eigenvalue weighted by atomic mass is 15.2. The first kappa shape index (κ1) is 9.96. The highest BCUT2D eigenvalue weighted by Crippen LogP contribution is 2.24. The standard InChI is InChI=1S/C9H20N3/c1-10-8-5-4-6-9(7-8,11-2)12-3/h7-8,10-12H,4-6H2,1-3H3. The second-order valence-corrected chi connectivity index (χ2v) is 3.43. The monoisotopic (exact) mass is 170 g/mol. The van der Waals surface area contributed by atoms with Gasteiger partial charge in [-0.2, -0.15) is 0 Å². The number of nitrogens with one attached hydrogen (secondary N) is 3. The zero-order valence-corrected chi connectivity index (χ0v) is 8.28. The minimum Gasteiger partial charge on any atom is -0.317 e. The van der Waals surface area contributed by atoms with Crippen LogP contribution in [0.1, 0.15) is 19.3 Å². The fourth-order valence-electron chi connectivity index (χ4n) is 1.88. The molecule has 12 heavy (non-hydrogen) atoms. The van der Waals surface area contributed by atoms with Crippen molar-refractivity contribution in [1.29, 1.82) is 0 Å². The quantitative estimate of drug-likeness (QED) is 0.526. The Morgan fingerprint density at radius 2 is 1.92 bits per heavy atom. The van der Waals surface area contributed by atoms with E-state index >= 15 is 0 Å². The van der Waals surface area contributed by atoms with E-state index in [0.29, 0.717) is 6.04 Å².